The Morgan fingerprint density at radius 1 is 0.846 bits per heavy atom. The molecule has 26 heavy (non-hydrogen) atoms. The molecule has 0 amide bonds. The molecule has 0 heterocycles. The van der Waals surface area contributed by atoms with Crippen LogP contribution in [0.4, 0.5) is 0 Å². The SMILES string of the molecule is CCCCCCCOc1ccc(-c2ccc3c(c2)CCC(CC)C3)cc1. The minimum absolute atomic E-state index is 0.834. The zero-order chi connectivity index (χ0) is 18.2. The van der Waals surface area contributed by atoms with Gasteiger partial charge < -0.3 is 4.74 Å². The van der Waals surface area contributed by atoms with Crippen molar-refractivity contribution in [1.82, 2.24) is 0 Å². The van der Waals surface area contributed by atoms with E-state index in [1.165, 1.54) is 62.5 Å². The van der Waals surface area contributed by atoms with Gasteiger partial charge in [-0.3, -0.25) is 0 Å². The lowest BCUT2D eigenvalue weighted by Gasteiger charge is -2.24. The molecule has 1 unspecified atom stereocenters. The fourth-order valence-electron chi connectivity index (χ4n) is 4.00. The molecule has 0 saturated heterocycles. The van der Waals surface area contributed by atoms with Gasteiger partial charge in [0, 0.05) is 0 Å². The Morgan fingerprint density at radius 2 is 1.62 bits per heavy atom. The topological polar surface area (TPSA) is 9.23 Å². The van der Waals surface area contributed by atoms with Crippen LogP contribution in [0.3, 0.4) is 0 Å². The molecule has 1 atom stereocenters. The van der Waals surface area contributed by atoms with Crippen molar-refractivity contribution in [3.8, 4) is 16.9 Å². The predicted molar refractivity (Wildman–Crippen MR) is 112 cm³/mol. The first-order valence-corrected chi connectivity index (χ1v) is 10.6. The molecule has 0 aromatic heterocycles. The standard InChI is InChI=1S/C25H34O/c1-3-5-6-7-8-17-26-25-15-13-21(14-16-25)23-12-11-22-18-20(4-2)9-10-24(22)19-23/h11-16,19-20H,3-10,17-18H2,1-2H3. The summed E-state index contributed by atoms with van der Waals surface area (Å²) in [5.41, 5.74) is 5.75. The molecule has 1 aliphatic rings. The van der Waals surface area contributed by atoms with E-state index in [0.717, 1.165) is 24.7 Å². The van der Waals surface area contributed by atoms with Gasteiger partial charge in [0.2, 0.25) is 0 Å². The second-order valence-corrected chi connectivity index (χ2v) is 7.79. The molecule has 2 aromatic rings. The number of aryl methyl sites for hydroxylation is 1. The van der Waals surface area contributed by atoms with Gasteiger partial charge in [0.05, 0.1) is 6.61 Å². The van der Waals surface area contributed by atoms with E-state index in [9.17, 15) is 0 Å². The Morgan fingerprint density at radius 3 is 2.38 bits per heavy atom. The van der Waals surface area contributed by atoms with Gasteiger partial charge >= 0.3 is 0 Å². The van der Waals surface area contributed by atoms with Crippen LogP contribution in [-0.4, -0.2) is 6.61 Å². The van der Waals surface area contributed by atoms with E-state index in [-0.39, 0.29) is 0 Å². The van der Waals surface area contributed by atoms with Gasteiger partial charge in [0.1, 0.15) is 5.75 Å². The molecule has 1 heteroatoms. The number of unbranched alkanes of at least 4 members (excludes halogenated alkanes) is 4. The van der Waals surface area contributed by atoms with Crippen LogP contribution in [0, 0.1) is 5.92 Å². The summed E-state index contributed by atoms with van der Waals surface area (Å²) in [5, 5.41) is 0. The van der Waals surface area contributed by atoms with Crippen molar-refractivity contribution in [2.24, 2.45) is 5.92 Å². The maximum atomic E-state index is 5.89. The molecule has 0 radical (unpaired) electrons. The minimum atomic E-state index is 0.834. The first-order valence-electron chi connectivity index (χ1n) is 10.6. The maximum absolute atomic E-state index is 5.89. The molecule has 3 rings (SSSR count). The van der Waals surface area contributed by atoms with Crippen molar-refractivity contribution < 1.29 is 4.74 Å². The number of rotatable bonds is 9. The van der Waals surface area contributed by atoms with E-state index in [0.29, 0.717) is 0 Å². The summed E-state index contributed by atoms with van der Waals surface area (Å²) in [6.07, 6.45) is 11.6. The number of benzene rings is 2. The normalized spacial score (nSPS) is 16.3. The lowest BCUT2D eigenvalue weighted by Crippen LogP contribution is -2.13. The predicted octanol–water partition coefficient (Wildman–Crippen LogP) is 7.22. The van der Waals surface area contributed by atoms with Crippen LogP contribution >= 0.6 is 0 Å². The first kappa shape index (κ1) is 19.0. The highest BCUT2D eigenvalue weighted by molar-refractivity contribution is 5.65. The van der Waals surface area contributed by atoms with E-state index in [1.807, 2.05) is 0 Å². The summed E-state index contributed by atoms with van der Waals surface area (Å²) < 4.78 is 5.89. The Balaban J connectivity index is 1.55. The fraction of sp³-hybridized carbons (Fsp3) is 0.520. The van der Waals surface area contributed by atoms with Crippen LogP contribution in [0.1, 0.15) is 69.9 Å². The number of hydrogen-bond acceptors (Lipinski definition) is 1. The summed E-state index contributed by atoms with van der Waals surface area (Å²) in [6.45, 7) is 5.40. The number of fused-ring (bicyclic) bond motifs is 1. The zero-order valence-corrected chi connectivity index (χ0v) is 16.6. The summed E-state index contributed by atoms with van der Waals surface area (Å²) in [5.74, 6) is 1.87. The molecular formula is C25H34O. The molecule has 2 aromatic carbocycles. The fourth-order valence-corrected chi connectivity index (χ4v) is 4.00. The van der Waals surface area contributed by atoms with Crippen LogP contribution in [0.15, 0.2) is 42.5 Å². The van der Waals surface area contributed by atoms with Crippen molar-refractivity contribution in [1.29, 1.82) is 0 Å². The largest absolute Gasteiger partial charge is 0.494 e. The average Bonchev–Trinajstić information content (AvgIpc) is 2.70. The molecule has 0 saturated carbocycles. The minimum Gasteiger partial charge on any atom is -0.494 e. The lowest BCUT2D eigenvalue weighted by atomic mass is 9.81. The third kappa shape index (κ3) is 5.13. The molecule has 0 N–H and O–H groups in total. The van der Waals surface area contributed by atoms with Crippen LogP contribution in [0.2, 0.25) is 0 Å². The third-order valence-corrected chi connectivity index (χ3v) is 5.82. The van der Waals surface area contributed by atoms with Gasteiger partial charge in [-0.1, -0.05) is 76.3 Å². The van der Waals surface area contributed by atoms with Gasteiger partial charge in [0.15, 0.2) is 0 Å². The number of ether oxygens (including phenoxy) is 1. The van der Waals surface area contributed by atoms with Crippen LogP contribution in [0.5, 0.6) is 5.75 Å². The van der Waals surface area contributed by atoms with E-state index in [1.54, 1.807) is 11.1 Å². The first-order chi connectivity index (χ1) is 12.8. The van der Waals surface area contributed by atoms with E-state index in [2.05, 4.69) is 56.3 Å². The van der Waals surface area contributed by atoms with E-state index < -0.39 is 0 Å². The highest BCUT2D eigenvalue weighted by Gasteiger charge is 2.17. The van der Waals surface area contributed by atoms with Gasteiger partial charge in [-0.25, -0.2) is 0 Å². The van der Waals surface area contributed by atoms with Gasteiger partial charge in [-0.2, -0.15) is 0 Å². The third-order valence-electron chi connectivity index (χ3n) is 5.82. The summed E-state index contributed by atoms with van der Waals surface area (Å²) in [6, 6.07) is 15.7. The molecule has 1 aliphatic carbocycles. The molecule has 0 fully saturated rings. The monoisotopic (exact) mass is 350 g/mol. The quantitative estimate of drug-likeness (QED) is 0.434. The van der Waals surface area contributed by atoms with Crippen molar-refractivity contribution >= 4 is 0 Å². The van der Waals surface area contributed by atoms with Crippen molar-refractivity contribution in [3.63, 3.8) is 0 Å². The highest BCUT2D eigenvalue weighted by Crippen LogP contribution is 2.31. The molecular weight excluding hydrogens is 316 g/mol. The van der Waals surface area contributed by atoms with E-state index >= 15 is 0 Å². The molecule has 0 bridgehead atoms. The summed E-state index contributed by atoms with van der Waals surface area (Å²) >= 11 is 0. The highest BCUT2D eigenvalue weighted by atomic mass is 16.5. The van der Waals surface area contributed by atoms with Crippen LogP contribution in [-0.2, 0) is 12.8 Å². The van der Waals surface area contributed by atoms with Crippen LogP contribution in [0.25, 0.3) is 11.1 Å². The number of hydrogen-bond donors (Lipinski definition) is 0. The molecule has 140 valence electrons. The second-order valence-electron chi connectivity index (χ2n) is 7.79. The lowest BCUT2D eigenvalue weighted by molar-refractivity contribution is 0.304. The zero-order valence-electron chi connectivity index (χ0n) is 16.6. The Bertz CT molecular complexity index is 671. The van der Waals surface area contributed by atoms with E-state index in [4.69, 9.17) is 4.74 Å². The van der Waals surface area contributed by atoms with Gasteiger partial charge in [0.25, 0.3) is 0 Å². The van der Waals surface area contributed by atoms with Crippen molar-refractivity contribution in [2.75, 3.05) is 6.61 Å². The summed E-state index contributed by atoms with van der Waals surface area (Å²) in [4.78, 5) is 0. The van der Waals surface area contributed by atoms with Crippen LogP contribution < -0.4 is 4.74 Å². The Hall–Kier alpha value is -1.76. The smallest absolute Gasteiger partial charge is 0.119 e. The molecule has 1 nitrogen and oxygen atoms in total. The second kappa shape index (κ2) is 9.80. The average molecular weight is 351 g/mol. The van der Waals surface area contributed by atoms with Gasteiger partial charge in [-0.15, -0.1) is 0 Å². The molecule has 0 spiro atoms. The van der Waals surface area contributed by atoms with Crippen molar-refractivity contribution in [2.45, 2.75) is 71.6 Å². The Kier molecular flexibility index (Phi) is 7.17. The Labute approximate surface area is 159 Å². The maximum Gasteiger partial charge on any atom is 0.119 e. The summed E-state index contributed by atoms with van der Waals surface area (Å²) in [7, 11) is 0. The van der Waals surface area contributed by atoms with Crippen molar-refractivity contribution in [3.05, 3.63) is 53.6 Å². The molecule has 0 aliphatic heterocycles. The van der Waals surface area contributed by atoms with Gasteiger partial charge in [-0.05, 0) is 66.0 Å².